The molecule has 0 amide bonds. The van der Waals surface area contributed by atoms with Crippen molar-refractivity contribution in [1.29, 1.82) is 0 Å². The van der Waals surface area contributed by atoms with Gasteiger partial charge in [0.2, 0.25) is 11.9 Å². The van der Waals surface area contributed by atoms with E-state index in [0.717, 1.165) is 70.4 Å². The standard InChI is InChI=1S/C31H32ClN9S/c32-22-5-3-20(4-6-22)27-17-25-28(42-27)29(35-18-34-25)41-30(33)37-31(38-41)36-23-7-9-24(10-8-23)39-11-13-40(14-12-39)26-16-19-1-2-21(26)15-19/h3-10,17-19,21,26H,1-2,11-16H2,(H3,33,36,37,38). The van der Waals surface area contributed by atoms with Gasteiger partial charge in [-0.15, -0.1) is 16.4 Å². The number of piperazine rings is 1. The van der Waals surface area contributed by atoms with Crippen molar-refractivity contribution in [2.45, 2.75) is 31.7 Å². The molecule has 1 aliphatic heterocycles. The zero-order valence-electron chi connectivity index (χ0n) is 23.2. The summed E-state index contributed by atoms with van der Waals surface area (Å²) in [6.45, 7) is 4.49. The van der Waals surface area contributed by atoms with Gasteiger partial charge >= 0.3 is 0 Å². The minimum atomic E-state index is 0.254. The monoisotopic (exact) mass is 597 g/mol. The molecule has 11 heteroatoms. The quantitative estimate of drug-likeness (QED) is 0.238. The molecule has 214 valence electrons. The molecule has 2 saturated carbocycles. The number of nitrogens with one attached hydrogen (secondary N) is 1. The van der Waals surface area contributed by atoms with Gasteiger partial charge < -0.3 is 16.0 Å². The summed E-state index contributed by atoms with van der Waals surface area (Å²) in [6.07, 6.45) is 7.35. The average molecular weight is 598 g/mol. The van der Waals surface area contributed by atoms with Crippen molar-refractivity contribution in [3.8, 4) is 16.3 Å². The Morgan fingerprint density at radius 3 is 2.48 bits per heavy atom. The lowest BCUT2D eigenvalue weighted by molar-refractivity contribution is 0.135. The van der Waals surface area contributed by atoms with E-state index in [1.807, 2.05) is 30.3 Å². The lowest BCUT2D eigenvalue weighted by Crippen LogP contribution is -2.51. The number of thiophene rings is 1. The number of aromatic nitrogens is 5. The average Bonchev–Trinajstić information content (AvgIpc) is 3.82. The summed E-state index contributed by atoms with van der Waals surface area (Å²) in [4.78, 5) is 19.8. The van der Waals surface area contributed by atoms with Gasteiger partial charge in [-0.25, -0.2) is 9.97 Å². The van der Waals surface area contributed by atoms with Crippen LogP contribution in [0.2, 0.25) is 5.02 Å². The Hall–Kier alpha value is -3.73. The second-order valence-electron chi connectivity index (χ2n) is 11.7. The predicted octanol–water partition coefficient (Wildman–Crippen LogP) is 6.23. The van der Waals surface area contributed by atoms with Crippen LogP contribution in [0.1, 0.15) is 25.7 Å². The number of benzene rings is 2. The lowest BCUT2D eigenvalue weighted by Gasteiger charge is -2.41. The van der Waals surface area contributed by atoms with Gasteiger partial charge in [-0.2, -0.15) is 9.67 Å². The van der Waals surface area contributed by atoms with Crippen molar-refractivity contribution in [2.75, 3.05) is 42.1 Å². The van der Waals surface area contributed by atoms with E-state index in [9.17, 15) is 0 Å². The van der Waals surface area contributed by atoms with E-state index in [4.69, 9.17) is 17.3 Å². The van der Waals surface area contributed by atoms with E-state index in [-0.39, 0.29) is 5.95 Å². The van der Waals surface area contributed by atoms with Gasteiger partial charge in [-0.3, -0.25) is 4.90 Å². The number of nitrogens with two attached hydrogens (primary N) is 1. The van der Waals surface area contributed by atoms with Crippen LogP contribution < -0.4 is 16.0 Å². The molecular formula is C31H32ClN9S. The summed E-state index contributed by atoms with van der Waals surface area (Å²) in [5.41, 5.74) is 10.4. The van der Waals surface area contributed by atoms with Crippen LogP contribution in [0.25, 0.3) is 26.5 Å². The first-order valence-electron chi connectivity index (χ1n) is 14.7. The van der Waals surface area contributed by atoms with Gasteiger partial charge in [-0.05, 0) is 79.1 Å². The van der Waals surface area contributed by atoms with Gasteiger partial charge in [-0.1, -0.05) is 30.2 Å². The third-order valence-electron chi connectivity index (χ3n) is 9.23. The summed E-state index contributed by atoms with van der Waals surface area (Å²) in [5, 5.41) is 8.66. The molecule has 3 atom stereocenters. The highest BCUT2D eigenvalue weighted by atomic mass is 35.5. The van der Waals surface area contributed by atoms with Gasteiger partial charge in [0.1, 0.15) is 6.33 Å². The van der Waals surface area contributed by atoms with Crippen LogP contribution in [0, 0.1) is 11.8 Å². The first kappa shape index (κ1) is 25.9. The second-order valence-corrected chi connectivity index (χ2v) is 13.2. The van der Waals surface area contributed by atoms with Crippen LogP contribution in [0.15, 0.2) is 60.9 Å². The highest BCUT2D eigenvalue weighted by molar-refractivity contribution is 7.22. The number of hydrogen-bond acceptors (Lipinski definition) is 9. The smallest absolute Gasteiger partial charge is 0.248 e. The molecule has 5 aromatic rings. The third-order valence-corrected chi connectivity index (χ3v) is 10.6. The minimum Gasteiger partial charge on any atom is -0.369 e. The molecule has 0 radical (unpaired) electrons. The molecule has 3 aliphatic rings. The maximum absolute atomic E-state index is 6.32. The number of fused-ring (bicyclic) bond motifs is 3. The third kappa shape index (κ3) is 4.77. The largest absolute Gasteiger partial charge is 0.369 e. The highest BCUT2D eigenvalue weighted by Gasteiger charge is 2.42. The van der Waals surface area contributed by atoms with E-state index >= 15 is 0 Å². The lowest BCUT2D eigenvalue weighted by atomic mass is 9.93. The number of anilines is 4. The molecule has 0 spiro atoms. The normalized spacial score (nSPS) is 22.3. The summed E-state index contributed by atoms with van der Waals surface area (Å²) in [6, 6.07) is 19.1. The molecule has 3 N–H and O–H groups in total. The van der Waals surface area contributed by atoms with Crippen molar-refractivity contribution in [3.05, 3.63) is 65.9 Å². The summed E-state index contributed by atoms with van der Waals surface area (Å²) < 4.78 is 2.45. The maximum Gasteiger partial charge on any atom is 0.248 e. The van der Waals surface area contributed by atoms with E-state index in [1.54, 1.807) is 16.0 Å². The van der Waals surface area contributed by atoms with E-state index in [0.29, 0.717) is 16.8 Å². The van der Waals surface area contributed by atoms with Crippen molar-refractivity contribution < 1.29 is 0 Å². The Balaban J connectivity index is 0.956. The fourth-order valence-electron chi connectivity index (χ4n) is 7.14. The Morgan fingerprint density at radius 2 is 1.74 bits per heavy atom. The summed E-state index contributed by atoms with van der Waals surface area (Å²) in [5.74, 6) is 3.23. The summed E-state index contributed by atoms with van der Waals surface area (Å²) in [7, 11) is 0. The molecule has 8 rings (SSSR count). The molecule has 2 aliphatic carbocycles. The SMILES string of the molecule is Nc1nc(Nc2ccc(N3CCN(C4CC5CCC4C5)CC3)cc2)nn1-c1ncnc2cc(-c3ccc(Cl)cc3)sc12. The topological polar surface area (TPSA) is 101 Å². The minimum absolute atomic E-state index is 0.254. The van der Waals surface area contributed by atoms with Gasteiger partial charge in [0.05, 0.1) is 10.2 Å². The van der Waals surface area contributed by atoms with E-state index in [1.165, 1.54) is 37.7 Å². The van der Waals surface area contributed by atoms with Gasteiger partial charge in [0, 0.05) is 53.5 Å². The van der Waals surface area contributed by atoms with Gasteiger partial charge in [0.25, 0.3) is 0 Å². The Bertz CT molecular complexity index is 1720. The Labute approximate surface area is 253 Å². The molecule has 1 saturated heterocycles. The number of nitrogen functional groups attached to an aromatic ring is 1. The van der Waals surface area contributed by atoms with E-state index in [2.05, 4.69) is 59.4 Å². The van der Waals surface area contributed by atoms with Crippen molar-refractivity contribution in [1.82, 2.24) is 29.6 Å². The zero-order chi connectivity index (χ0) is 28.2. The maximum atomic E-state index is 6.32. The first-order chi connectivity index (χ1) is 20.6. The van der Waals surface area contributed by atoms with Crippen LogP contribution in [0.4, 0.5) is 23.3 Å². The van der Waals surface area contributed by atoms with Crippen LogP contribution in [-0.2, 0) is 0 Å². The van der Waals surface area contributed by atoms with E-state index < -0.39 is 0 Å². The van der Waals surface area contributed by atoms with Crippen molar-refractivity contribution >= 4 is 56.4 Å². The second kappa shape index (κ2) is 10.5. The Morgan fingerprint density at radius 1 is 0.929 bits per heavy atom. The molecule has 3 aromatic heterocycles. The fourth-order valence-corrected chi connectivity index (χ4v) is 8.35. The van der Waals surface area contributed by atoms with Crippen LogP contribution in [-0.4, -0.2) is 61.9 Å². The van der Waals surface area contributed by atoms with Crippen LogP contribution in [0.3, 0.4) is 0 Å². The fraction of sp³-hybridized carbons (Fsp3) is 0.355. The highest BCUT2D eigenvalue weighted by Crippen LogP contribution is 2.47. The first-order valence-corrected chi connectivity index (χ1v) is 15.9. The number of halogens is 1. The van der Waals surface area contributed by atoms with Crippen molar-refractivity contribution in [3.63, 3.8) is 0 Å². The molecule has 4 heterocycles. The van der Waals surface area contributed by atoms with Crippen molar-refractivity contribution in [2.24, 2.45) is 11.8 Å². The molecular weight excluding hydrogens is 566 g/mol. The van der Waals surface area contributed by atoms with Crippen LogP contribution in [0.5, 0.6) is 0 Å². The predicted molar refractivity (Wildman–Crippen MR) is 170 cm³/mol. The molecule has 9 nitrogen and oxygen atoms in total. The number of hydrogen-bond donors (Lipinski definition) is 2. The van der Waals surface area contributed by atoms with Crippen LogP contribution >= 0.6 is 22.9 Å². The Kier molecular flexibility index (Phi) is 6.50. The number of nitrogens with zero attached hydrogens (tertiary/aromatic N) is 7. The zero-order valence-corrected chi connectivity index (χ0v) is 24.7. The summed E-state index contributed by atoms with van der Waals surface area (Å²) >= 11 is 7.66. The van der Waals surface area contributed by atoms with Gasteiger partial charge in [0.15, 0.2) is 5.82 Å². The molecule has 2 aromatic carbocycles. The molecule has 3 unspecified atom stereocenters. The molecule has 3 fully saturated rings. The molecule has 2 bridgehead atoms. The molecule has 42 heavy (non-hydrogen) atoms. The number of rotatable bonds is 6.